The summed E-state index contributed by atoms with van der Waals surface area (Å²) in [4.78, 5) is 39.3. The van der Waals surface area contributed by atoms with E-state index >= 15 is 0 Å². The molecule has 1 fully saturated rings. The van der Waals surface area contributed by atoms with Gasteiger partial charge in [-0.15, -0.1) is 0 Å². The van der Waals surface area contributed by atoms with Gasteiger partial charge < -0.3 is 20.7 Å². The Balaban J connectivity index is 1.39. The third kappa shape index (κ3) is 6.40. The van der Waals surface area contributed by atoms with Gasteiger partial charge in [0.25, 0.3) is 0 Å². The summed E-state index contributed by atoms with van der Waals surface area (Å²) in [6.45, 7) is 5.59. The van der Waals surface area contributed by atoms with Gasteiger partial charge in [0.15, 0.2) is 0 Å². The van der Waals surface area contributed by atoms with Crippen molar-refractivity contribution in [3.63, 3.8) is 0 Å². The molecule has 0 aromatic carbocycles. The van der Waals surface area contributed by atoms with Crippen molar-refractivity contribution in [3.05, 3.63) is 48.0 Å². The second-order valence-corrected chi connectivity index (χ2v) is 10.0. The Morgan fingerprint density at radius 1 is 1.22 bits per heavy atom. The molecule has 0 unspecified atom stereocenters. The van der Waals surface area contributed by atoms with Crippen LogP contribution in [0, 0.1) is 5.92 Å². The van der Waals surface area contributed by atoms with Gasteiger partial charge in [-0.2, -0.15) is 0 Å². The average molecular weight is 511 g/mol. The summed E-state index contributed by atoms with van der Waals surface area (Å²) in [5.41, 5.74) is 6.15. The minimum atomic E-state index is -0.788. The van der Waals surface area contributed by atoms with Crippen molar-refractivity contribution in [2.24, 2.45) is 11.7 Å². The summed E-state index contributed by atoms with van der Waals surface area (Å²) in [6, 6.07) is 7.67. The van der Waals surface area contributed by atoms with Gasteiger partial charge >= 0.3 is 6.09 Å². The first-order valence-corrected chi connectivity index (χ1v) is 12.5. The van der Waals surface area contributed by atoms with Crippen LogP contribution in [0.15, 0.2) is 42.9 Å². The molecule has 0 bridgehead atoms. The largest absolute Gasteiger partial charge is 0.444 e. The summed E-state index contributed by atoms with van der Waals surface area (Å²) >= 11 is 6.11. The Kier molecular flexibility index (Phi) is 7.88. The predicted molar refractivity (Wildman–Crippen MR) is 140 cm³/mol. The fourth-order valence-corrected chi connectivity index (χ4v) is 4.75. The summed E-state index contributed by atoms with van der Waals surface area (Å²) in [5, 5.41) is 5.46. The van der Waals surface area contributed by atoms with Crippen LogP contribution in [-0.2, 0) is 9.53 Å². The fourth-order valence-electron chi connectivity index (χ4n) is 4.58. The molecular formula is C26H31ClN6O3. The monoisotopic (exact) mass is 510 g/mol. The number of nitrogens with one attached hydrogen (secondary N) is 1. The van der Waals surface area contributed by atoms with Crippen molar-refractivity contribution in [3.8, 4) is 11.3 Å². The molecule has 9 nitrogen and oxygen atoms in total. The molecule has 0 aliphatic carbocycles. The van der Waals surface area contributed by atoms with Gasteiger partial charge in [0.05, 0.1) is 5.69 Å². The van der Waals surface area contributed by atoms with Crippen LogP contribution in [0.3, 0.4) is 0 Å². The number of ether oxygens (including phenoxy) is 1. The van der Waals surface area contributed by atoms with Crippen molar-refractivity contribution < 1.29 is 14.3 Å². The van der Waals surface area contributed by atoms with Crippen LogP contribution >= 0.6 is 11.6 Å². The van der Waals surface area contributed by atoms with Crippen LogP contribution in [0.25, 0.3) is 22.0 Å². The van der Waals surface area contributed by atoms with Crippen molar-refractivity contribution in [1.29, 1.82) is 0 Å². The smallest absolute Gasteiger partial charge is 0.405 e. The lowest BCUT2D eigenvalue weighted by Gasteiger charge is -2.33. The second kappa shape index (κ2) is 11.1. The molecule has 3 aromatic heterocycles. The van der Waals surface area contributed by atoms with Gasteiger partial charge in [-0.25, -0.2) is 14.8 Å². The lowest BCUT2D eigenvalue weighted by atomic mass is 9.95. The van der Waals surface area contributed by atoms with E-state index in [0.29, 0.717) is 24.5 Å². The number of aromatic nitrogens is 3. The molecule has 3 aromatic rings. The Morgan fingerprint density at radius 2 is 2.00 bits per heavy atom. The van der Waals surface area contributed by atoms with Gasteiger partial charge in [-0.1, -0.05) is 11.6 Å². The van der Waals surface area contributed by atoms with E-state index in [1.165, 1.54) is 0 Å². The number of hydrogen-bond donors (Lipinski definition) is 2. The topological polar surface area (TPSA) is 123 Å². The molecule has 1 aliphatic heterocycles. The number of rotatable bonds is 8. The van der Waals surface area contributed by atoms with Crippen molar-refractivity contribution in [2.45, 2.75) is 45.1 Å². The number of halogens is 1. The number of anilines is 1. The van der Waals surface area contributed by atoms with E-state index in [9.17, 15) is 9.59 Å². The molecule has 4 rings (SSSR count). The van der Waals surface area contributed by atoms with E-state index in [0.717, 1.165) is 53.8 Å². The number of hydrogen-bond acceptors (Lipinski definition) is 7. The summed E-state index contributed by atoms with van der Waals surface area (Å²) in [7, 11) is 0. The standard InChI is InChI=1S/C26H31ClN6O3/c1-26(2,36-25(28)35)8-3-9-31-24(34)17-6-12-33(13-7-17)23-20-5-10-29-16-19(20)14-21(32-23)18-4-11-30-22(27)15-18/h4-5,10-11,14-17H,3,6-9,12-13H2,1-2H3,(H2,28,35)(H,31,34). The molecule has 2 amide bonds. The number of carbonyl (C=O) groups excluding carboxylic acids is 2. The van der Waals surface area contributed by atoms with Gasteiger partial charge in [-0.3, -0.25) is 9.78 Å². The third-order valence-electron chi connectivity index (χ3n) is 6.43. The molecule has 36 heavy (non-hydrogen) atoms. The predicted octanol–water partition coefficient (Wildman–Crippen LogP) is 4.33. The van der Waals surface area contributed by atoms with Crippen LogP contribution in [0.4, 0.5) is 10.6 Å². The molecule has 10 heteroatoms. The van der Waals surface area contributed by atoms with Crippen LogP contribution in [-0.4, -0.2) is 52.2 Å². The Labute approximate surface area is 215 Å². The molecule has 190 valence electrons. The zero-order valence-electron chi connectivity index (χ0n) is 20.5. The SMILES string of the molecule is CC(C)(CCCNC(=O)C1CCN(c2nc(-c3ccnc(Cl)c3)cc3cnccc23)CC1)OC(N)=O. The molecule has 1 aliphatic rings. The minimum Gasteiger partial charge on any atom is -0.444 e. The van der Waals surface area contributed by atoms with Crippen LogP contribution < -0.4 is 16.0 Å². The summed E-state index contributed by atoms with van der Waals surface area (Å²) in [5.74, 6) is 0.894. The van der Waals surface area contributed by atoms with Crippen LogP contribution in [0.2, 0.25) is 5.15 Å². The molecule has 3 N–H and O–H groups in total. The first-order chi connectivity index (χ1) is 17.2. The van der Waals surface area contributed by atoms with E-state index < -0.39 is 11.7 Å². The molecule has 0 saturated carbocycles. The molecule has 0 spiro atoms. The number of amides is 2. The number of nitrogens with zero attached hydrogens (tertiary/aromatic N) is 4. The number of nitrogens with two attached hydrogens (primary N) is 1. The van der Waals surface area contributed by atoms with Crippen molar-refractivity contribution in [2.75, 3.05) is 24.5 Å². The highest BCUT2D eigenvalue weighted by atomic mass is 35.5. The van der Waals surface area contributed by atoms with E-state index in [-0.39, 0.29) is 11.8 Å². The maximum atomic E-state index is 12.7. The lowest BCUT2D eigenvalue weighted by Crippen LogP contribution is -2.41. The van der Waals surface area contributed by atoms with Crippen molar-refractivity contribution >= 4 is 40.2 Å². The zero-order chi connectivity index (χ0) is 25.7. The van der Waals surface area contributed by atoms with E-state index in [2.05, 4.69) is 20.2 Å². The highest BCUT2D eigenvalue weighted by Gasteiger charge is 2.27. The maximum absolute atomic E-state index is 12.7. The van der Waals surface area contributed by atoms with Crippen LogP contribution in [0.5, 0.6) is 0 Å². The Morgan fingerprint density at radius 3 is 2.72 bits per heavy atom. The fraction of sp³-hybridized carbons (Fsp3) is 0.423. The highest BCUT2D eigenvalue weighted by Crippen LogP contribution is 2.32. The second-order valence-electron chi connectivity index (χ2n) is 9.63. The maximum Gasteiger partial charge on any atom is 0.405 e. The average Bonchev–Trinajstić information content (AvgIpc) is 2.85. The first-order valence-electron chi connectivity index (χ1n) is 12.1. The first kappa shape index (κ1) is 25.6. The van der Waals surface area contributed by atoms with Gasteiger partial charge in [-0.05, 0) is 63.8 Å². The number of pyridine rings is 3. The Bertz CT molecular complexity index is 1240. The third-order valence-corrected chi connectivity index (χ3v) is 6.64. The number of primary amides is 1. The number of piperidine rings is 1. The molecule has 0 atom stereocenters. The molecular weight excluding hydrogens is 480 g/mol. The molecule has 1 saturated heterocycles. The number of fused-ring (bicyclic) bond motifs is 1. The lowest BCUT2D eigenvalue weighted by molar-refractivity contribution is -0.125. The Hall–Kier alpha value is -3.46. The minimum absolute atomic E-state index is 0.0498. The quantitative estimate of drug-likeness (QED) is 0.341. The molecule has 4 heterocycles. The number of carbonyl (C=O) groups is 2. The van der Waals surface area contributed by atoms with Gasteiger partial charge in [0.2, 0.25) is 5.91 Å². The summed E-state index contributed by atoms with van der Waals surface area (Å²) < 4.78 is 5.09. The van der Waals surface area contributed by atoms with Crippen LogP contribution in [0.1, 0.15) is 39.5 Å². The van der Waals surface area contributed by atoms with E-state index in [4.69, 9.17) is 27.1 Å². The zero-order valence-corrected chi connectivity index (χ0v) is 21.3. The van der Waals surface area contributed by atoms with E-state index in [1.54, 1.807) is 32.3 Å². The normalized spacial score (nSPS) is 14.6. The summed E-state index contributed by atoms with van der Waals surface area (Å²) in [6.07, 6.45) is 7.27. The van der Waals surface area contributed by atoms with Gasteiger partial charge in [0, 0.05) is 60.5 Å². The highest BCUT2D eigenvalue weighted by molar-refractivity contribution is 6.29. The van der Waals surface area contributed by atoms with Crippen molar-refractivity contribution in [1.82, 2.24) is 20.3 Å². The van der Waals surface area contributed by atoms with Gasteiger partial charge in [0.1, 0.15) is 16.6 Å². The molecule has 0 radical (unpaired) electrons. The van der Waals surface area contributed by atoms with E-state index in [1.807, 2.05) is 24.4 Å².